The van der Waals surface area contributed by atoms with Gasteiger partial charge < -0.3 is 80.9 Å². The number of nitrogens with two attached hydrogens (primary N) is 1. The van der Waals surface area contributed by atoms with Crippen molar-refractivity contribution in [2.45, 2.75) is 209 Å². The largest absolute Gasteiger partial charge is 0.481 e. The lowest BCUT2D eigenvalue weighted by atomic mass is 9.82. The van der Waals surface area contributed by atoms with Gasteiger partial charge in [-0.3, -0.25) is 14.4 Å². The fourth-order valence-corrected chi connectivity index (χ4v) is 9.52. The number of hydrogen-bond acceptors (Lipinski definition) is 18. The fourth-order valence-electron chi connectivity index (χ4n) is 9.52. The van der Waals surface area contributed by atoms with Crippen molar-refractivity contribution in [3.63, 3.8) is 0 Å². The van der Waals surface area contributed by atoms with E-state index in [2.05, 4.69) is 0 Å². The molecule has 0 aromatic heterocycles. The normalized spacial score (nSPS) is 39.7. The Hall–Kier alpha value is -4.29. The molecule has 2 fully saturated rings. The fraction of sp³-hybridized carbons (Fsp3) is 0.632. The third-order valence-corrected chi connectivity index (χ3v) is 13.6. The summed E-state index contributed by atoms with van der Waals surface area (Å²) >= 11 is 0. The van der Waals surface area contributed by atoms with Gasteiger partial charge in [-0.15, -0.1) is 0 Å². The molecule has 3 aliphatic rings. The van der Waals surface area contributed by atoms with Gasteiger partial charge in [0.25, 0.3) is 0 Å². The topological polar surface area (TPSA) is 337 Å². The predicted molar refractivity (Wildman–Crippen MR) is 283 cm³/mol. The number of carboxylic acid groups (broad SMARTS) is 1. The maximum absolute atomic E-state index is 13.3. The number of carbonyl (C=O) groups excluding carboxylic acids is 2. The molecule has 2 bridgehead atoms. The Kier molecular flexibility index (Phi) is 30.0. The number of aliphatic hydroxyl groups is 10. The Balaban J connectivity index is 1.85. The highest BCUT2D eigenvalue weighted by Crippen LogP contribution is 2.38. The highest BCUT2D eigenvalue weighted by Gasteiger charge is 2.51. The third-order valence-electron chi connectivity index (χ3n) is 13.6. The molecule has 2 saturated heterocycles. The molecular weight excluding hydrogens is 987 g/mol. The molecule has 0 unspecified atom stereocenters. The quantitative estimate of drug-likeness (QED) is 0.0802. The number of esters is 1. The number of carboxylic acids is 1. The summed E-state index contributed by atoms with van der Waals surface area (Å²) < 4.78 is 23.7. The molecule has 0 amide bonds. The molecule has 428 valence electrons. The monoisotopic (exact) mass is 1070 g/mol. The van der Waals surface area contributed by atoms with Crippen molar-refractivity contribution in [3.05, 3.63) is 109 Å². The van der Waals surface area contributed by atoms with Gasteiger partial charge in [0.05, 0.1) is 79.6 Å². The molecule has 19 atom stereocenters. The van der Waals surface area contributed by atoms with E-state index in [1.807, 2.05) is 32.9 Å². The maximum Gasteiger partial charge on any atom is 0.311 e. The number of carbonyl (C=O) groups is 3. The number of aliphatic carboxylic acids is 1. The van der Waals surface area contributed by atoms with E-state index in [1.165, 1.54) is 19.1 Å². The molecular formula is C57H87NO18. The van der Waals surface area contributed by atoms with Crippen LogP contribution in [-0.2, 0) is 33.3 Å². The summed E-state index contributed by atoms with van der Waals surface area (Å²) in [4.78, 5) is 38.1. The third kappa shape index (κ3) is 24.6. The first-order valence-electron chi connectivity index (χ1n) is 26.5. The Labute approximate surface area is 447 Å². The Morgan fingerprint density at radius 1 is 0.763 bits per heavy atom. The molecule has 0 radical (unpaired) electrons. The van der Waals surface area contributed by atoms with Crippen LogP contribution in [0.5, 0.6) is 0 Å². The van der Waals surface area contributed by atoms with Gasteiger partial charge in [0.2, 0.25) is 0 Å². The van der Waals surface area contributed by atoms with Gasteiger partial charge in [-0.1, -0.05) is 117 Å². The Bertz CT molecular complexity index is 2020. The van der Waals surface area contributed by atoms with Gasteiger partial charge in [0, 0.05) is 31.6 Å². The minimum atomic E-state index is -2.28. The number of ether oxygens (including phenoxy) is 4. The van der Waals surface area contributed by atoms with E-state index in [-0.39, 0.29) is 75.4 Å². The Morgan fingerprint density at radius 3 is 1.92 bits per heavy atom. The standard InChI is InChI=1S/C57H87NO18/c1-5-6-17-22-39(59)28-42(62)27-26-37(3)54-36(2)21-18-15-13-11-9-7-8-10-12-14-16-19-25-46(74-56-53(69)51(58)52(68)38(4)73-56)33-48-50(55(70)71)47(66)35-57(72,76-48)34-45(65)31-43(63)29-40(60)23-20-24-41(61)30-44(64)32-49(67)75-54/h5-19,21-22,25,36-38,40-48,50-54,56,60-66,68-69,72H,20,23-24,26-35,58H2,1-4H3,(H,70,71)/b6-5+,8-7+,11-9+,12-10+,15-13+,16-14+,21-18+,22-17+,25-19+/t36-,37-,38+,40+,41+,42-,43+,44-,45-,46-,47+,48-,50-,51+,52+,53+,54+,56+,57-/m1/s1. The van der Waals surface area contributed by atoms with Crippen LogP contribution in [0.1, 0.15) is 111 Å². The smallest absolute Gasteiger partial charge is 0.311 e. The second-order valence-electron chi connectivity index (χ2n) is 20.5. The van der Waals surface area contributed by atoms with E-state index < -0.39 is 135 Å². The van der Waals surface area contributed by atoms with Crippen molar-refractivity contribution in [3.8, 4) is 0 Å². The number of fused-ring (bicyclic) bond motifs is 2. The van der Waals surface area contributed by atoms with Crippen molar-refractivity contribution in [2.75, 3.05) is 0 Å². The summed E-state index contributed by atoms with van der Waals surface area (Å²) in [5.74, 6) is -6.75. The molecule has 3 heterocycles. The van der Waals surface area contributed by atoms with Crippen molar-refractivity contribution in [2.24, 2.45) is 23.5 Å². The molecule has 0 aliphatic carbocycles. The van der Waals surface area contributed by atoms with Crippen LogP contribution in [0.25, 0.3) is 0 Å². The van der Waals surface area contributed by atoms with E-state index >= 15 is 0 Å². The van der Waals surface area contributed by atoms with Gasteiger partial charge in [0.1, 0.15) is 18.1 Å². The average molecular weight is 1070 g/mol. The second kappa shape index (κ2) is 34.6. The van der Waals surface area contributed by atoms with Crippen LogP contribution < -0.4 is 5.73 Å². The van der Waals surface area contributed by atoms with Crippen molar-refractivity contribution in [1.82, 2.24) is 0 Å². The average Bonchev–Trinajstić information content (AvgIpc) is 3.32. The number of ketones is 1. The van der Waals surface area contributed by atoms with Gasteiger partial charge in [-0.05, 0) is 77.2 Å². The lowest BCUT2D eigenvalue weighted by molar-refractivity contribution is -0.308. The minimum absolute atomic E-state index is 0.0553. The minimum Gasteiger partial charge on any atom is -0.481 e. The van der Waals surface area contributed by atoms with Crippen LogP contribution in [0.4, 0.5) is 0 Å². The molecule has 3 rings (SSSR count). The lowest BCUT2D eigenvalue weighted by Gasteiger charge is -2.45. The van der Waals surface area contributed by atoms with Gasteiger partial charge in [-0.2, -0.15) is 0 Å². The molecule has 0 saturated carbocycles. The zero-order valence-corrected chi connectivity index (χ0v) is 44.3. The summed E-state index contributed by atoms with van der Waals surface area (Å²) in [7, 11) is 0. The molecule has 0 aromatic rings. The van der Waals surface area contributed by atoms with Gasteiger partial charge >= 0.3 is 11.9 Å². The number of cyclic esters (lactones) is 1. The van der Waals surface area contributed by atoms with Gasteiger partial charge in [0.15, 0.2) is 17.9 Å². The first-order valence-corrected chi connectivity index (χ1v) is 26.5. The molecule has 76 heavy (non-hydrogen) atoms. The van der Waals surface area contributed by atoms with Crippen molar-refractivity contribution < 1.29 is 89.5 Å². The van der Waals surface area contributed by atoms with Crippen LogP contribution in [0.15, 0.2) is 109 Å². The van der Waals surface area contributed by atoms with E-state index in [4.69, 9.17) is 24.7 Å². The van der Waals surface area contributed by atoms with Crippen LogP contribution >= 0.6 is 0 Å². The number of rotatable bonds is 11. The highest BCUT2D eigenvalue weighted by molar-refractivity contribution is 5.90. The second-order valence-corrected chi connectivity index (χ2v) is 20.5. The summed E-state index contributed by atoms with van der Waals surface area (Å²) in [6.07, 6.45) is 12.8. The molecule has 3 aliphatic heterocycles. The zero-order valence-electron chi connectivity index (χ0n) is 44.3. The number of allylic oxidation sites excluding steroid dienone is 16. The lowest BCUT2D eigenvalue weighted by Crippen LogP contribution is -2.61. The highest BCUT2D eigenvalue weighted by atomic mass is 16.7. The first kappa shape index (κ1) is 66.0. The first-order chi connectivity index (χ1) is 36.0. The Morgan fingerprint density at radius 2 is 1.33 bits per heavy atom. The molecule has 13 N–H and O–H groups in total. The summed E-state index contributed by atoms with van der Waals surface area (Å²) in [5.41, 5.74) is 6.05. The number of hydrogen-bond donors (Lipinski definition) is 12. The van der Waals surface area contributed by atoms with E-state index in [1.54, 1.807) is 85.1 Å². The van der Waals surface area contributed by atoms with Crippen LogP contribution in [0.2, 0.25) is 0 Å². The molecule has 0 spiro atoms. The van der Waals surface area contributed by atoms with E-state index in [0.29, 0.717) is 6.42 Å². The maximum atomic E-state index is 13.3. The summed E-state index contributed by atoms with van der Waals surface area (Å²) in [6.45, 7) is 7.13. The molecule has 0 aromatic carbocycles. The van der Waals surface area contributed by atoms with Crippen LogP contribution in [0, 0.1) is 17.8 Å². The van der Waals surface area contributed by atoms with E-state index in [0.717, 1.165) is 0 Å². The van der Waals surface area contributed by atoms with Crippen molar-refractivity contribution >= 4 is 17.7 Å². The number of aliphatic hydroxyl groups excluding tert-OH is 9. The van der Waals surface area contributed by atoms with Crippen LogP contribution in [0.3, 0.4) is 0 Å². The SMILES string of the molecule is C/C=C/C=C/C(=O)C[C@H](O)CC[C@@H](C)[C@H]1OC(=O)C[C@H](O)C[C@@H](O)CCC[C@H](O)C[C@H](O)C[C@@H](O)C[C@]2(O)C[C@H](O)[C@@H](C(=O)O)[C@@H](C[C@H](O[C@@H]3O[C@@H](C)[C@H](O)[C@H](N)[C@@H]3O)/C=C/C=C/C=C/C=C/C=C/C=C/C=C/[C@H]1C)O2. The van der Waals surface area contributed by atoms with E-state index in [9.17, 15) is 70.6 Å². The van der Waals surface area contributed by atoms with Crippen LogP contribution in [-0.4, -0.2) is 171 Å². The zero-order chi connectivity index (χ0) is 56.4. The van der Waals surface area contributed by atoms with Crippen molar-refractivity contribution in [1.29, 1.82) is 0 Å². The van der Waals surface area contributed by atoms with Gasteiger partial charge in [-0.25, -0.2) is 0 Å². The molecule has 19 heteroatoms. The summed E-state index contributed by atoms with van der Waals surface area (Å²) in [6, 6.07) is -1.15. The molecule has 19 nitrogen and oxygen atoms in total. The predicted octanol–water partition coefficient (Wildman–Crippen LogP) is 3.34. The summed E-state index contributed by atoms with van der Waals surface area (Å²) in [5, 5.41) is 119.